The van der Waals surface area contributed by atoms with Crippen molar-refractivity contribution in [2.75, 3.05) is 0 Å². The van der Waals surface area contributed by atoms with E-state index in [9.17, 15) is 4.79 Å². The van der Waals surface area contributed by atoms with E-state index in [1.807, 2.05) is 5.38 Å². The number of aromatic nitrogens is 4. The van der Waals surface area contributed by atoms with Crippen molar-refractivity contribution in [1.82, 2.24) is 20.2 Å². The van der Waals surface area contributed by atoms with Gasteiger partial charge in [0.25, 0.3) is 0 Å². The van der Waals surface area contributed by atoms with Gasteiger partial charge in [-0.25, -0.2) is 4.68 Å². The number of aliphatic carboxylic acids is 1. The molecule has 0 saturated heterocycles. The highest BCUT2D eigenvalue weighted by Gasteiger charge is 2.18. The molecule has 2 heterocycles. The van der Waals surface area contributed by atoms with Crippen LogP contribution in [0.3, 0.4) is 0 Å². The Morgan fingerprint density at radius 1 is 1.71 bits per heavy atom. The fraction of sp³-hybridized carbons (Fsp3) is 0.333. The molecule has 0 aliphatic rings. The second-order valence-corrected chi connectivity index (χ2v) is 4.84. The molecule has 0 aliphatic heterocycles. The highest BCUT2D eigenvalue weighted by atomic mass is 35.5. The zero-order valence-electron chi connectivity index (χ0n) is 8.87. The number of nitrogens with zero attached hydrogens (tertiary/aromatic N) is 4. The Morgan fingerprint density at radius 2 is 2.47 bits per heavy atom. The molecule has 0 aromatic carbocycles. The molecule has 0 fully saturated rings. The molecule has 2 aromatic rings. The second-order valence-electron chi connectivity index (χ2n) is 3.52. The minimum absolute atomic E-state index is 0.214. The van der Waals surface area contributed by atoms with Gasteiger partial charge >= 0.3 is 5.97 Å². The van der Waals surface area contributed by atoms with Gasteiger partial charge in [0.15, 0.2) is 5.82 Å². The summed E-state index contributed by atoms with van der Waals surface area (Å²) in [6.07, 6.45) is 0. The van der Waals surface area contributed by atoms with Crippen LogP contribution in [0.2, 0.25) is 5.02 Å². The molecule has 0 amide bonds. The van der Waals surface area contributed by atoms with E-state index in [1.54, 1.807) is 13.0 Å². The lowest BCUT2D eigenvalue weighted by atomic mass is 10.2. The number of hydrogen-bond donors (Lipinski definition) is 1. The third kappa shape index (κ3) is 2.45. The van der Waals surface area contributed by atoms with Crippen LogP contribution in [0.4, 0.5) is 0 Å². The van der Waals surface area contributed by atoms with E-state index in [1.165, 1.54) is 16.0 Å². The molecule has 1 N–H and O–H groups in total. The molecule has 90 valence electrons. The summed E-state index contributed by atoms with van der Waals surface area (Å²) in [6.45, 7) is 1.82. The second kappa shape index (κ2) is 4.80. The molecule has 1 atom stereocenters. The summed E-state index contributed by atoms with van der Waals surface area (Å²) in [6, 6.07) is 1.75. The monoisotopic (exact) mass is 272 g/mol. The van der Waals surface area contributed by atoms with Crippen LogP contribution in [0, 0.1) is 5.92 Å². The first kappa shape index (κ1) is 12.0. The van der Waals surface area contributed by atoms with Crippen molar-refractivity contribution in [1.29, 1.82) is 0 Å². The first-order valence-corrected chi connectivity index (χ1v) is 6.07. The van der Waals surface area contributed by atoms with Crippen LogP contribution in [-0.2, 0) is 11.3 Å². The first-order valence-electron chi connectivity index (χ1n) is 4.82. The number of carboxylic acids is 1. The maximum atomic E-state index is 10.8. The lowest BCUT2D eigenvalue weighted by Gasteiger charge is -2.06. The van der Waals surface area contributed by atoms with Crippen molar-refractivity contribution in [3.8, 4) is 10.7 Å². The van der Waals surface area contributed by atoms with Gasteiger partial charge in [-0.05, 0) is 21.9 Å². The van der Waals surface area contributed by atoms with Crippen LogP contribution in [-0.4, -0.2) is 31.3 Å². The molecule has 6 nitrogen and oxygen atoms in total. The molecule has 1 unspecified atom stereocenters. The molecule has 2 rings (SSSR count). The first-order chi connectivity index (χ1) is 8.09. The Labute approximate surface area is 106 Å². The van der Waals surface area contributed by atoms with Crippen molar-refractivity contribution in [3.05, 3.63) is 16.5 Å². The number of thiophene rings is 1. The molecule has 0 spiro atoms. The van der Waals surface area contributed by atoms with E-state index in [4.69, 9.17) is 16.7 Å². The standard InChI is InChI=1S/C9H9ClN4O2S/c1-5(9(15)16)4-14-8(11-12-13-14)7-6(10)2-3-17-7/h2-3,5H,4H2,1H3,(H,15,16). The zero-order valence-corrected chi connectivity index (χ0v) is 10.4. The fourth-order valence-electron chi connectivity index (χ4n) is 1.28. The fourth-order valence-corrected chi connectivity index (χ4v) is 2.41. The lowest BCUT2D eigenvalue weighted by Crippen LogP contribution is -2.18. The van der Waals surface area contributed by atoms with Crippen LogP contribution >= 0.6 is 22.9 Å². The van der Waals surface area contributed by atoms with Crippen molar-refractivity contribution in [3.63, 3.8) is 0 Å². The van der Waals surface area contributed by atoms with Gasteiger partial charge < -0.3 is 5.11 Å². The quantitative estimate of drug-likeness (QED) is 0.917. The number of rotatable bonds is 4. The highest BCUT2D eigenvalue weighted by Crippen LogP contribution is 2.31. The Morgan fingerprint density at radius 3 is 3.06 bits per heavy atom. The zero-order chi connectivity index (χ0) is 12.4. The van der Waals surface area contributed by atoms with Crippen LogP contribution < -0.4 is 0 Å². The van der Waals surface area contributed by atoms with E-state index in [-0.39, 0.29) is 6.54 Å². The van der Waals surface area contributed by atoms with Crippen molar-refractivity contribution < 1.29 is 9.90 Å². The summed E-state index contributed by atoms with van der Waals surface area (Å²) in [7, 11) is 0. The third-order valence-electron chi connectivity index (χ3n) is 2.22. The highest BCUT2D eigenvalue weighted by molar-refractivity contribution is 7.14. The third-order valence-corrected chi connectivity index (χ3v) is 3.56. The summed E-state index contributed by atoms with van der Waals surface area (Å²) in [5.74, 6) is -0.946. The van der Waals surface area contributed by atoms with Crippen LogP contribution in [0.15, 0.2) is 11.4 Å². The van der Waals surface area contributed by atoms with Crippen molar-refractivity contribution in [2.45, 2.75) is 13.5 Å². The summed E-state index contributed by atoms with van der Waals surface area (Å²) < 4.78 is 1.45. The molecule has 8 heteroatoms. The summed E-state index contributed by atoms with van der Waals surface area (Å²) in [5.41, 5.74) is 0. The van der Waals surface area contributed by atoms with Gasteiger partial charge in [0.05, 0.1) is 22.4 Å². The lowest BCUT2D eigenvalue weighted by molar-refractivity contribution is -0.141. The Kier molecular flexibility index (Phi) is 3.39. The molecular formula is C9H9ClN4O2S. The van der Waals surface area contributed by atoms with E-state index in [0.717, 1.165) is 4.88 Å². The number of halogens is 1. The minimum Gasteiger partial charge on any atom is -0.481 e. The maximum absolute atomic E-state index is 10.8. The SMILES string of the molecule is CC(Cn1nnnc1-c1sccc1Cl)C(=O)O. The molecule has 0 bridgehead atoms. The van der Waals surface area contributed by atoms with E-state index < -0.39 is 11.9 Å². The smallest absolute Gasteiger partial charge is 0.308 e. The predicted molar refractivity (Wildman–Crippen MR) is 62.9 cm³/mol. The van der Waals surface area contributed by atoms with E-state index in [0.29, 0.717) is 10.8 Å². The van der Waals surface area contributed by atoms with Gasteiger partial charge in [0.2, 0.25) is 0 Å². The molecule has 17 heavy (non-hydrogen) atoms. The number of tetrazole rings is 1. The Hall–Kier alpha value is -1.47. The van der Waals surface area contributed by atoms with Crippen LogP contribution in [0.1, 0.15) is 6.92 Å². The van der Waals surface area contributed by atoms with E-state index >= 15 is 0 Å². The molecular weight excluding hydrogens is 264 g/mol. The van der Waals surface area contributed by atoms with E-state index in [2.05, 4.69) is 15.5 Å². The van der Waals surface area contributed by atoms with Gasteiger partial charge in [-0.1, -0.05) is 18.5 Å². The van der Waals surface area contributed by atoms with Gasteiger partial charge in [-0.15, -0.1) is 16.4 Å². The largest absolute Gasteiger partial charge is 0.481 e. The topological polar surface area (TPSA) is 80.9 Å². The molecule has 0 saturated carbocycles. The summed E-state index contributed by atoms with van der Waals surface area (Å²) in [4.78, 5) is 11.5. The molecule has 2 aromatic heterocycles. The Bertz CT molecular complexity index is 539. The van der Waals surface area contributed by atoms with Crippen LogP contribution in [0.5, 0.6) is 0 Å². The number of carboxylic acid groups (broad SMARTS) is 1. The Balaban J connectivity index is 2.29. The minimum atomic E-state index is -0.885. The average molecular weight is 273 g/mol. The maximum Gasteiger partial charge on any atom is 0.308 e. The van der Waals surface area contributed by atoms with Gasteiger partial charge in [-0.3, -0.25) is 4.79 Å². The summed E-state index contributed by atoms with van der Waals surface area (Å²) >= 11 is 7.40. The van der Waals surface area contributed by atoms with Crippen LogP contribution in [0.25, 0.3) is 10.7 Å². The summed E-state index contributed by atoms with van der Waals surface area (Å²) in [5, 5.41) is 22.4. The molecule has 0 radical (unpaired) electrons. The van der Waals surface area contributed by atoms with Gasteiger partial charge in [-0.2, -0.15) is 0 Å². The number of carbonyl (C=O) groups is 1. The predicted octanol–water partition coefficient (Wildman–Crippen LogP) is 1.78. The van der Waals surface area contributed by atoms with Crippen molar-refractivity contribution >= 4 is 28.9 Å². The number of hydrogen-bond acceptors (Lipinski definition) is 5. The van der Waals surface area contributed by atoms with Gasteiger partial charge in [0.1, 0.15) is 0 Å². The van der Waals surface area contributed by atoms with Crippen molar-refractivity contribution in [2.24, 2.45) is 5.92 Å². The average Bonchev–Trinajstić information content (AvgIpc) is 2.86. The molecule has 0 aliphatic carbocycles. The normalized spacial score (nSPS) is 12.6. The van der Waals surface area contributed by atoms with Gasteiger partial charge in [0, 0.05) is 0 Å².